The summed E-state index contributed by atoms with van der Waals surface area (Å²) in [5.74, 6) is 0.710. The van der Waals surface area contributed by atoms with Gasteiger partial charge < -0.3 is 10.2 Å². The molecule has 3 rings (SSSR count). The maximum atomic E-state index is 13.1. The van der Waals surface area contributed by atoms with Crippen molar-refractivity contribution in [3.05, 3.63) is 53.3 Å². The first kappa shape index (κ1) is 20.2. The first-order chi connectivity index (χ1) is 13.2. The Balaban J connectivity index is 1.70. The molecular weight excluding hydrogens is 367 g/mol. The first-order valence-electron chi connectivity index (χ1n) is 9.30. The van der Waals surface area contributed by atoms with Crippen LogP contribution in [0.2, 0.25) is 0 Å². The summed E-state index contributed by atoms with van der Waals surface area (Å²) in [4.78, 5) is 6.31. The van der Waals surface area contributed by atoms with Crippen LogP contribution in [0.5, 0.6) is 0 Å². The van der Waals surface area contributed by atoms with Gasteiger partial charge in [-0.2, -0.15) is 18.3 Å². The fourth-order valence-electron chi connectivity index (χ4n) is 3.73. The molecule has 1 aliphatic rings. The molecule has 1 aromatic heterocycles. The minimum Gasteiger partial charge on any atom is -0.355 e. The number of benzene rings is 1. The molecule has 0 amide bonds. The summed E-state index contributed by atoms with van der Waals surface area (Å²) in [5, 5.41) is 7.53. The lowest BCUT2D eigenvalue weighted by Gasteiger charge is -2.43. The molecule has 0 unspecified atom stereocenters. The van der Waals surface area contributed by atoms with E-state index in [1.165, 1.54) is 12.1 Å². The van der Waals surface area contributed by atoms with Gasteiger partial charge in [0.05, 0.1) is 11.8 Å². The van der Waals surface area contributed by atoms with Gasteiger partial charge in [-0.3, -0.25) is 9.67 Å². The number of nitrogens with zero attached hydrogens (tertiary/aromatic N) is 4. The summed E-state index contributed by atoms with van der Waals surface area (Å²) in [6.07, 6.45) is 2.17. The summed E-state index contributed by atoms with van der Waals surface area (Å²) >= 11 is 0. The van der Waals surface area contributed by atoms with Gasteiger partial charge in [-0.05, 0) is 24.5 Å². The van der Waals surface area contributed by atoms with E-state index < -0.39 is 11.7 Å². The molecule has 1 saturated carbocycles. The van der Waals surface area contributed by atoms with Crippen molar-refractivity contribution in [2.45, 2.75) is 37.4 Å². The first-order valence-corrected chi connectivity index (χ1v) is 9.30. The summed E-state index contributed by atoms with van der Waals surface area (Å²) in [5.41, 5.74) is 0.928. The van der Waals surface area contributed by atoms with Crippen LogP contribution in [0.4, 0.5) is 13.2 Å². The van der Waals surface area contributed by atoms with Crippen molar-refractivity contribution in [3.63, 3.8) is 0 Å². The molecule has 0 atom stereocenters. The van der Waals surface area contributed by atoms with Crippen molar-refractivity contribution in [1.82, 2.24) is 20.0 Å². The van der Waals surface area contributed by atoms with E-state index in [1.807, 2.05) is 25.2 Å². The molecule has 0 aliphatic heterocycles. The van der Waals surface area contributed by atoms with E-state index in [0.29, 0.717) is 19.0 Å². The number of alkyl halides is 3. The van der Waals surface area contributed by atoms with Crippen LogP contribution >= 0.6 is 0 Å². The van der Waals surface area contributed by atoms with Crippen molar-refractivity contribution in [1.29, 1.82) is 0 Å². The molecular formula is C20H26F3N5. The standard InChI is InChI=1S/C20H26F3N5/c1-24-18(27(2)12-15-11-26-28(3)13-15)25-14-19(8-5-9-19)16-6-4-7-17(10-16)20(21,22)23/h4,6-7,10-11,13H,5,8-9,12,14H2,1-3H3,(H,24,25). The van der Waals surface area contributed by atoms with E-state index in [-0.39, 0.29) is 5.41 Å². The highest BCUT2D eigenvalue weighted by molar-refractivity contribution is 5.79. The highest BCUT2D eigenvalue weighted by Gasteiger charge is 2.40. The van der Waals surface area contributed by atoms with E-state index in [4.69, 9.17) is 0 Å². The molecule has 1 fully saturated rings. The number of halogens is 3. The molecule has 28 heavy (non-hydrogen) atoms. The van der Waals surface area contributed by atoms with Crippen LogP contribution in [0, 0.1) is 0 Å². The number of hydrogen-bond acceptors (Lipinski definition) is 2. The Kier molecular flexibility index (Phi) is 5.67. The third-order valence-corrected chi connectivity index (χ3v) is 5.45. The number of aryl methyl sites for hydroxylation is 1. The zero-order valence-electron chi connectivity index (χ0n) is 16.4. The molecule has 0 bridgehead atoms. The summed E-state index contributed by atoms with van der Waals surface area (Å²) in [6, 6.07) is 5.73. The van der Waals surface area contributed by atoms with E-state index in [1.54, 1.807) is 24.0 Å². The topological polar surface area (TPSA) is 45.5 Å². The molecule has 2 aromatic rings. The van der Waals surface area contributed by atoms with E-state index in [0.717, 1.165) is 36.5 Å². The highest BCUT2D eigenvalue weighted by atomic mass is 19.4. The molecule has 0 radical (unpaired) electrons. The number of aliphatic imine (C=N–C) groups is 1. The molecule has 0 spiro atoms. The predicted octanol–water partition coefficient (Wildman–Crippen LogP) is 3.57. The number of aromatic nitrogens is 2. The Labute approximate surface area is 163 Å². The second-order valence-electron chi connectivity index (χ2n) is 7.49. The summed E-state index contributed by atoms with van der Waals surface area (Å²) < 4.78 is 41.1. The highest BCUT2D eigenvalue weighted by Crippen LogP contribution is 2.44. The Morgan fingerprint density at radius 2 is 2.11 bits per heavy atom. The number of guanidine groups is 1. The molecule has 1 aliphatic carbocycles. The van der Waals surface area contributed by atoms with Crippen LogP contribution in [0.15, 0.2) is 41.7 Å². The largest absolute Gasteiger partial charge is 0.416 e. The number of rotatable bonds is 5. The maximum Gasteiger partial charge on any atom is 0.416 e. The van der Waals surface area contributed by atoms with Crippen molar-refractivity contribution in [2.75, 3.05) is 20.6 Å². The molecule has 8 heteroatoms. The Hall–Kier alpha value is -2.51. The van der Waals surface area contributed by atoms with Gasteiger partial charge in [0.1, 0.15) is 0 Å². The van der Waals surface area contributed by atoms with Crippen molar-refractivity contribution in [2.24, 2.45) is 12.0 Å². The maximum absolute atomic E-state index is 13.1. The van der Waals surface area contributed by atoms with Crippen molar-refractivity contribution >= 4 is 5.96 Å². The van der Waals surface area contributed by atoms with Gasteiger partial charge in [-0.25, -0.2) is 0 Å². The smallest absolute Gasteiger partial charge is 0.355 e. The lowest BCUT2D eigenvalue weighted by molar-refractivity contribution is -0.137. The van der Waals surface area contributed by atoms with Gasteiger partial charge >= 0.3 is 6.18 Å². The summed E-state index contributed by atoms with van der Waals surface area (Å²) in [7, 11) is 5.51. The van der Waals surface area contributed by atoms with Crippen LogP contribution in [0.25, 0.3) is 0 Å². The van der Waals surface area contributed by atoms with Gasteiger partial charge in [-0.1, -0.05) is 24.6 Å². The lowest BCUT2D eigenvalue weighted by atomic mass is 9.64. The van der Waals surface area contributed by atoms with Crippen LogP contribution < -0.4 is 5.32 Å². The average Bonchev–Trinajstić information content (AvgIpc) is 3.01. The zero-order chi connectivity index (χ0) is 20.4. The van der Waals surface area contributed by atoms with Gasteiger partial charge in [-0.15, -0.1) is 0 Å². The van der Waals surface area contributed by atoms with Gasteiger partial charge in [0, 0.05) is 51.4 Å². The Morgan fingerprint density at radius 1 is 1.36 bits per heavy atom. The minimum atomic E-state index is -4.33. The van der Waals surface area contributed by atoms with E-state index in [2.05, 4.69) is 15.4 Å². The second kappa shape index (κ2) is 7.85. The molecule has 5 nitrogen and oxygen atoms in total. The van der Waals surface area contributed by atoms with E-state index in [9.17, 15) is 13.2 Å². The second-order valence-corrected chi connectivity index (χ2v) is 7.49. The molecule has 1 N–H and O–H groups in total. The lowest BCUT2D eigenvalue weighted by Crippen LogP contribution is -2.49. The number of hydrogen-bond donors (Lipinski definition) is 1. The molecule has 1 heterocycles. The fraction of sp³-hybridized carbons (Fsp3) is 0.500. The SMILES string of the molecule is CN=C(NCC1(c2cccc(C(F)(F)F)c2)CCC1)N(C)Cc1cnn(C)c1. The van der Waals surface area contributed by atoms with Gasteiger partial charge in [0.25, 0.3) is 0 Å². The third kappa shape index (κ3) is 4.31. The zero-order valence-corrected chi connectivity index (χ0v) is 16.4. The Morgan fingerprint density at radius 3 is 2.64 bits per heavy atom. The fourth-order valence-corrected chi connectivity index (χ4v) is 3.73. The van der Waals surface area contributed by atoms with Crippen LogP contribution in [0.1, 0.15) is 36.0 Å². The minimum absolute atomic E-state index is 0.285. The van der Waals surface area contributed by atoms with Crippen LogP contribution in [-0.4, -0.2) is 41.3 Å². The van der Waals surface area contributed by atoms with Crippen molar-refractivity contribution < 1.29 is 13.2 Å². The predicted molar refractivity (Wildman–Crippen MR) is 103 cm³/mol. The third-order valence-electron chi connectivity index (χ3n) is 5.45. The van der Waals surface area contributed by atoms with Gasteiger partial charge in [0.15, 0.2) is 5.96 Å². The molecule has 1 aromatic carbocycles. The Bertz CT molecular complexity index is 836. The van der Waals surface area contributed by atoms with E-state index >= 15 is 0 Å². The monoisotopic (exact) mass is 393 g/mol. The molecule has 152 valence electrons. The summed E-state index contributed by atoms with van der Waals surface area (Å²) in [6.45, 7) is 1.20. The van der Waals surface area contributed by atoms with Gasteiger partial charge in [0.2, 0.25) is 0 Å². The van der Waals surface area contributed by atoms with Crippen LogP contribution in [0.3, 0.4) is 0 Å². The molecule has 0 saturated heterocycles. The number of nitrogens with one attached hydrogen (secondary N) is 1. The quantitative estimate of drug-likeness (QED) is 0.624. The average molecular weight is 393 g/mol. The van der Waals surface area contributed by atoms with Crippen molar-refractivity contribution in [3.8, 4) is 0 Å². The normalized spacial score (nSPS) is 16.6. The van der Waals surface area contributed by atoms with Crippen LogP contribution in [-0.2, 0) is 25.2 Å².